The Morgan fingerprint density at radius 3 is 2.18 bits per heavy atom. The minimum absolute atomic E-state index is 0.0340. The predicted octanol–water partition coefficient (Wildman–Crippen LogP) is 5.21. The first-order valence-corrected chi connectivity index (χ1v) is 8.82. The van der Waals surface area contributed by atoms with Crippen LogP contribution < -0.4 is 14.2 Å². The number of methoxy groups -OCH3 is 3. The zero-order valence-electron chi connectivity index (χ0n) is 16.5. The van der Waals surface area contributed by atoms with Gasteiger partial charge in [0.2, 0.25) is 5.75 Å². The highest BCUT2D eigenvalue weighted by atomic mass is 16.5. The second kappa shape index (κ2) is 7.72. The Hall–Kier alpha value is -3.34. The largest absolute Gasteiger partial charge is 0.513 e. The van der Waals surface area contributed by atoms with E-state index >= 15 is 0 Å². The van der Waals surface area contributed by atoms with Crippen molar-refractivity contribution in [1.82, 2.24) is 0 Å². The summed E-state index contributed by atoms with van der Waals surface area (Å²) in [5.74, 6) is 1.50. The van der Waals surface area contributed by atoms with Gasteiger partial charge in [0.1, 0.15) is 5.75 Å². The Bertz CT molecular complexity index is 973. The van der Waals surface area contributed by atoms with Crippen LogP contribution in [0.4, 0.5) is 0 Å². The molecule has 0 fully saturated rings. The summed E-state index contributed by atoms with van der Waals surface area (Å²) in [6.45, 7) is 5.66. The van der Waals surface area contributed by atoms with E-state index in [1.54, 1.807) is 19.2 Å². The van der Waals surface area contributed by atoms with Gasteiger partial charge in [-0.05, 0) is 70.7 Å². The number of benzene rings is 2. The number of aliphatic hydroxyl groups excluding tert-OH is 1. The van der Waals surface area contributed by atoms with E-state index in [0.29, 0.717) is 17.9 Å². The van der Waals surface area contributed by atoms with Crippen LogP contribution in [0.2, 0.25) is 0 Å². The molecule has 0 aromatic heterocycles. The van der Waals surface area contributed by atoms with Gasteiger partial charge in [0.05, 0.1) is 27.1 Å². The van der Waals surface area contributed by atoms with Crippen molar-refractivity contribution in [3.8, 4) is 23.0 Å². The summed E-state index contributed by atoms with van der Waals surface area (Å²) in [7, 11) is 4.63. The van der Waals surface area contributed by atoms with Crippen LogP contribution in [0, 0.1) is 0 Å². The van der Waals surface area contributed by atoms with Gasteiger partial charge >= 0.3 is 0 Å². The first-order chi connectivity index (χ1) is 13.4. The number of rotatable bonds is 6. The number of phenols is 1. The number of hydrogen-bond donors (Lipinski definition) is 2. The van der Waals surface area contributed by atoms with Crippen LogP contribution in [0.5, 0.6) is 23.0 Å². The van der Waals surface area contributed by atoms with Crippen LogP contribution in [0.25, 0.3) is 17.2 Å². The van der Waals surface area contributed by atoms with E-state index < -0.39 is 0 Å². The first kappa shape index (κ1) is 19.4. The molecule has 0 spiro atoms. The molecule has 5 heteroatoms. The van der Waals surface area contributed by atoms with Crippen molar-refractivity contribution in [1.29, 1.82) is 0 Å². The zero-order chi connectivity index (χ0) is 20.4. The second-order valence-electron chi connectivity index (χ2n) is 6.59. The maximum atomic E-state index is 10.2. The van der Waals surface area contributed by atoms with E-state index in [1.165, 1.54) is 14.2 Å². The smallest absolute Gasteiger partial charge is 0.200 e. The van der Waals surface area contributed by atoms with Gasteiger partial charge < -0.3 is 24.4 Å². The Labute approximate surface area is 164 Å². The van der Waals surface area contributed by atoms with Gasteiger partial charge in [-0.15, -0.1) is 0 Å². The van der Waals surface area contributed by atoms with E-state index in [1.807, 2.05) is 31.2 Å². The highest BCUT2D eigenvalue weighted by molar-refractivity contribution is 6.05. The van der Waals surface area contributed by atoms with Crippen molar-refractivity contribution < 1.29 is 24.4 Å². The second-order valence-corrected chi connectivity index (χ2v) is 6.59. The standard InChI is InChI=1S/C23H24O5/c1-13(24)8-18-14(2)19(17-7-6-16(26-3)12-20(17)18)9-15-10-21(27-4)23(25)22(11-15)28-5/h6-7,9-12,24-25H,1,8H2,2-5H3/b19-9-. The van der Waals surface area contributed by atoms with Crippen LogP contribution in [-0.2, 0) is 0 Å². The maximum absolute atomic E-state index is 10.2. The molecule has 0 saturated heterocycles. The SMILES string of the molecule is C=C(O)CC1=C(C)/C(=C/c2cc(OC)c(O)c(OC)c2)c2ccc(OC)cc21. The number of phenolic OH excluding ortho intramolecular Hbond substituents is 1. The lowest BCUT2D eigenvalue weighted by Gasteiger charge is -2.11. The number of aliphatic hydroxyl groups is 1. The summed E-state index contributed by atoms with van der Waals surface area (Å²) in [4.78, 5) is 0. The predicted molar refractivity (Wildman–Crippen MR) is 111 cm³/mol. The summed E-state index contributed by atoms with van der Waals surface area (Å²) in [6.07, 6.45) is 2.38. The van der Waals surface area contributed by atoms with Gasteiger partial charge in [0, 0.05) is 6.42 Å². The quantitative estimate of drug-likeness (QED) is 0.674. The van der Waals surface area contributed by atoms with Gasteiger partial charge in [-0.2, -0.15) is 0 Å². The van der Waals surface area contributed by atoms with Crippen molar-refractivity contribution in [3.63, 3.8) is 0 Å². The van der Waals surface area contributed by atoms with Gasteiger partial charge in [-0.25, -0.2) is 0 Å². The fourth-order valence-corrected chi connectivity index (χ4v) is 3.48. The highest BCUT2D eigenvalue weighted by Gasteiger charge is 2.25. The fourth-order valence-electron chi connectivity index (χ4n) is 3.48. The molecule has 1 aliphatic carbocycles. The molecule has 0 radical (unpaired) electrons. The van der Waals surface area contributed by atoms with E-state index in [-0.39, 0.29) is 11.5 Å². The Morgan fingerprint density at radius 2 is 1.64 bits per heavy atom. The molecule has 3 rings (SSSR count). The molecule has 2 aromatic carbocycles. The van der Waals surface area contributed by atoms with Crippen molar-refractivity contribution in [3.05, 3.63) is 64.9 Å². The van der Waals surface area contributed by atoms with Crippen LogP contribution in [0.15, 0.2) is 48.2 Å². The molecule has 0 aliphatic heterocycles. The average molecular weight is 380 g/mol. The number of fused-ring (bicyclic) bond motifs is 1. The summed E-state index contributed by atoms with van der Waals surface area (Å²) in [6, 6.07) is 9.39. The molecular formula is C23H24O5. The van der Waals surface area contributed by atoms with Gasteiger partial charge in [0.15, 0.2) is 11.5 Å². The molecular weight excluding hydrogens is 356 g/mol. The molecule has 28 heavy (non-hydrogen) atoms. The average Bonchev–Trinajstić information content (AvgIpc) is 2.93. The number of hydrogen-bond acceptors (Lipinski definition) is 5. The molecule has 0 unspecified atom stereocenters. The zero-order valence-corrected chi connectivity index (χ0v) is 16.5. The van der Waals surface area contributed by atoms with Crippen molar-refractivity contribution in [2.24, 2.45) is 0 Å². The van der Waals surface area contributed by atoms with Gasteiger partial charge in [-0.1, -0.05) is 12.6 Å². The Balaban J connectivity index is 2.19. The van der Waals surface area contributed by atoms with Gasteiger partial charge in [-0.3, -0.25) is 0 Å². The molecule has 2 N–H and O–H groups in total. The monoisotopic (exact) mass is 380 g/mol. The third kappa shape index (κ3) is 3.43. The van der Waals surface area contributed by atoms with Crippen molar-refractivity contribution in [2.75, 3.05) is 21.3 Å². The highest BCUT2D eigenvalue weighted by Crippen LogP contribution is 2.46. The lowest BCUT2D eigenvalue weighted by molar-refractivity contribution is 0.340. The van der Waals surface area contributed by atoms with Crippen LogP contribution in [0.1, 0.15) is 30.0 Å². The third-order valence-corrected chi connectivity index (χ3v) is 4.89. The minimum atomic E-state index is -0.0340. The molecule has 1 aliphatic rings. The Morgan fingerprint density at radius 1 is 1.00 bits per heavy atom. The third-order valence-electron chi connectivity index (χ3n) is 4.89. The number of ether oxygens (including phenoxy) is 3. The van der Waals surface area contributed by atoms with Crippen LogP contribution in [0.3, 0.4) is 0 Å². The van der Waals surface area contributed by atoms with E-state index in [2.05, 4.69) is 6.58 Å². The van der Waals surface area contributed by atoms with Crippen LogP contribution >= 0.6 is 0 Å². The Kier molecular flexibility index (Phi) is 5.36. The molecule has 5 nitrogen and oxygen atoms in total. The fraction of sp³-hybridized carbons (Fsp3) is 0.217. The lowest BCUT2D eigenvalue weighted by atomic mass is 10.00. The lowest BCUT2D eigenvalue weighted by Crippen LogP contribution is -1.91. The normalized spacial score (nSPS) is 14.2. The summed E-state index contributed by atoms with van der Waals surface area (Å²) >= 11 is 0. The topological polar surface area (TPSA) is 68.2 Å². The first-order valence-electron chi connectivity index (χ1n) is 8.82. The van der Waals surface area contributed by atoms with Crippen molar-refractivity contribution in [2.45, 2.75) is 13.3 Å². The van der Waals surface area contributed by atoms with E-state index in [0.717, 1.165) is 39.2 Å². The van der Waals surface area contributed by atoms with E-state index in [4.69, 9.17) is 14.2 Å². The van der Waals surface area contributed by atoms with E-state index in [9.17, 15) is 10.2 Å². The molecule has 0 heterocycles. The van der Waals surface area contributed by atoms with Crippen LogP contribution in [-0.4, -0.2) is 31.5 Å². The van der Waals surface area contributed by atoms with Gasteiger partial charge in [0.25, 0.3) is 0 Å². The molecule has 146 valence electrons. The molecule has 0 atom stereocenters. The summed E-state index contributed by atoms with van der Waals surface area (Å²) in [5.41, 5.74) is 5.95. The minimum Gasteiger partial charge on any atom is -0.513 e. The summed E-state index contributed by atoms with van der Waals surface area (Å²) < 4.78 is 15.9. The number of allylic oxidation sites excluding steroid dienone is 3. The molecule has 0 bridgehead atoms. The maximum Gasteiger partial charge on any atom is 0.200 e. The molecule has 0 saturated carbocycles. The number of aromatic hydroxyl groups is 1. The summed E-state index contributed by atoms with van der Waals surface area (Å²) in [5, 5.41) is 19.9. The molecule has 2 aromatic rings. The molecule has 0 amide bonds. The van der Waals surface area contributed by atoms with Crippen molar-refractivity contribution >= 4 is 17.2 Å².